The number of thioether (sulfide) groups is 1. The average molecular weight is 244 g/mol. The van der Waals surface area contributed by atoms with Gasteiger partial charge in [0.25, 0.3) is 0 Å². The molecule has 0 fully saturated rings. The minimum atomic E-state index is -4.23. The molecule has 0 unspecified atom stereocenters. The summed E-state index contributed by atoms with van der Waals surface area (Å²) in [5.74, 6) is 0. The molecule has 0 radical (unpaired) electrons. The van der Waals surface area contributed by atoms with Crippen molar-refractivity contribution < 1.29 is 13.2 Å². The second-order valence-corrected chi connectivity index (χ2v) is 3.54. The van der Waals surface area contributed by atoms with E-state index in [1.54, 1.807) is 12.1 Å². The molecular formula is C8H9ClF3NS. The quantitative estimate of drug-likeness (QED) is 0.808. The monoisotopic (exact) mass is 243 g/mol. The zero-order chi connectivity index (χ0) is 9.90. The van der Waals surface area contributed by atoms with Crippen molar-refractivity contribution in [1.29, 1.82) is 0 Å². The average Bonchev–Trinajstić information content (AvgIpc) is 2.01. The maximum absolute atomic E-state index is 11.9. The smallest absolute Gasteiger partial charge is 0.326 e. The molecule has 14 heavy (non-hydrogen) atoms. The fourth-order valence-electron chi connectivity index (χ4n) is 0.870. The standard InChI is InChI=1S/C8H8F3NS.ClH/c9-8(10,11)13-7-3-1-2-6(4-7)5-12;/h1-4H,5,12H2;1H. The Morgan fingerprint density at radius 3 is 2.43 bits per heavy atom. The molecule has 1 rings (SSSR count). The molecular weight excluding hydrogens is 235 g/mol. The van der Waals surface area contributed by atoms with Crippen molar-refractivity contribution in [2.24, 2.45) is 5.73 Å². The molecule has 1 aromatic rings. The van der Waals surface area contributed by atoms with Crippen LogP contribution in [-0.2, 0) is 6.54 Å². The normalized spacial score (nSPS) is 10.9. The predicted molar refractivity (Wildman–Crippen MR) is 53.5 cm³/mol. The molecule has 0 bridgehead atoms. The number of hydrogen-bond acceptors (Lipinski definition) is 2. The van der Waals surface area contributed by atoms with E-state index in [1.807, 2.05) is 0 Å². The van der Waals surface area contributed by atoms with E-state index in [0.29, 0.717) is 5.56 Å². The van der Waals surface area contributed by atoms with Crippen molar-refractivity contribution in [3.05, 3.63) is 29.8 Å². The van der Waals surface area contributed by atoms with Crippen LogP contribution in [0, 0.1) is 0 Å². The van der Waals surface area contributed by atoms with E-state index in [1.165, 1.54) is 12.1 Å². The summed E-state index contributed by atoms with van der Waals surface area (Å²) < 4.78 is 35.7. The van der Waals surface area contributed by atoms with Crippen molar-refractivity contribution in [1.82, 2.24) is 0 Å². The first-order valence-electron chi connectivity index (χ1n) is 3.56. The lowest BCUT2D eigenvalue weighted by atomic mass is 10.2. The maximum atomic E-state index is 11.9. The zero-order valence-electron chi connectivity index (χ0n) is 7.04. The second-order valence-electron chi connectivity index (χ2n) is 2.40. The molecule has 0 aromatic heterocycles. The zero-order valence-corrected chi connectivity index (χ0v) is 8.68. The molecule has 0 heterocycles. The van der Waals surface area contributed by atoms with E-state index < -0.39 is 5.51 Å². The number of benzene rings is 1. The Bertz CT molecular complexity index is 290. The molecule has 0 atom stereocenters. The van der Waals surface area contributed by atoms with Gasteiger partial charge in [0.05, 0.1) is 0 Å². The Hall–Kier alpha value is -0.390. The molecule has 1 nitrogen and oxygen atoms in total. The lowest BCUT2D eigenvalue weighted by Crippen LogP contribution is -2.00. The van der Waals surface area contributed by atoms with Crippen LogP contribution in [0.2, 0.25) is 0 Å². The largest absolute Gasteiger partial charge is 0.446 e. The van der Waals surface area contributed by atoms with Gasteiger partial charge in [0.15, 0.2) is 0 Å². The van der Waals surface area contributed by atoms with Crippen LogP contribution in [0.25, 0.3) is 0 Å². The Balaban J connectivity index is 0.00000169. The minimum absolute atomic E-state index is 0. The second kappa shape index (κ2) is 5.48. The van der Waals surface area contributed by atoms with Crippen LogP contribution in [0.1, 0.15) is 5.56 Å². The number of hydrogen-bond donors (Lipinski definition) is 1. The maximum Gasteiger partial charge on any atom is 0.446 e. The molecule has 0 saturated carbocycles. The molecule has 0 aliphatic carbocycles. The highest BCUT2D eigenvalue weighted by Crippen LogP contribution is 2.36. The van der Waals surface area contributed by atoms with E-state index in [9.17, 15) is 13.2 Å². The third-order valence-electron chi connectivity index (χ3n) is 1.37. The van der Waals surface area contributed by atoms with Crippen LogP contribution in [0.4, 0.5) is 13.2 Å². The summed E-state index contributed by atoms with van der Waals surface area (Å²) in [4.78, 5) is 0.176. The lowest BCUT2D eigenvalue weighted by molar-refractivity contribution is -0.0328. The van der Waals surface area contributed by atoms with Crippen molar-refractivity contribution in [2.45, 2.75) is 16.9 Å². The van der Waals surface area contributed by atoms with Crippen molar-refractivity contribution in [3.8, 4) is 0 Å². The highest BCUT2D eigenvalue weighted by atomic mass is 35.5. The number of rotatable bonds is 2. The fraction of sp³-hybridized carbons (Fsp3) is 0.250. The summed E-state index contributed by atoms with van der Waals surface area (Å²) in [6.07, 6.45) is 0. The van der Waals surface area contributed by atoms with Crippen LogP contribution in [0.5, 0.6) is 0 Å². The summed E-state index contributed by atoms with van der Waals surface area (Å²) in [6.45, 7) is 0.256. The molecule has 0 spiro atoms. The number of halogens is 4. The van der Waals surface area contributed by atoms with Gasteiger partial charge < -0.3 is 5.73 Å². The summed E-state index contributed by atoms with van der Waals surface area (Å²) in [5, 5.41) is 0. The first kappa shape index (κ1) is 13.6. The minimum Gasteiger partial charge on any atom is -0.326 e. The summed E-state index contributed by atoms with van der Waals surface area (Å²) in [5.41, 5.74) is 1.77. The Labute approximate surface area is 90.3 Å². The van der Waals surface area contributed by atoms with Crippen molar-refractivity contribution in [3.63, 3.8) is 0 Å². The van der Waals surface area contributed by atoms with Crippen LogP contribution in [-0.4, -0.2) is 5.51 Å². The molecule has 0 amide bonds. The highest BCUT2D eigenvalue weighted by Gasteiger charge is 2.29. The Kier molecular flexibility index (Phi) is 5.33. The van der Waals surface area contributed by atoms with Gasteiger partial charge in [0, 0.05) is 11.4 Å². The van der Waals surface area contributed by atoms with Gasteiger partial charge in [-0.1, -0.05) is 12.1 Å². The third-order valence-corrected chi connectivity index (χ3v) is 2.09. The topological polar surface area (TPSA) is 26.0 Å². The van der Waals surface area contributed by atoms with E-state index in [0.717, 1.165) is 0 Å². The highest BCUT2D eigenvalue weighted by molar-refractivity contribution is 8.00. The first-order valence-corrected chi connectivity index (χ1v) is 4.37. The molecule has 2 N–H and O–H groups in total. The van der Waals surface area contributed by atoms with E-state index in [2.05, 4.69) is 0 Å². The number of alkyl halides is 3. The van der Waals surface area contributed by atoms with Gasteiger partial charge in [-0.3, -0.25) is 0 Å². The number of nitrogens with two attached hydrogens (primary N) is 1. The Morgan fingerprint density at radius 2 is 1.93 bits per heavy atom. The molecule has 80 valence electrons. The molecule has 0 aliphatic heterocycles. The third kappa shape index (κ3) is 4.74. The van der Waals surface area contributed by atoms with Gasteiger partial charge in [0.1, 0.15) is 0 Å². The van der Waals surface area contributed by atoms with Gasteiger partial charge in [-0.25, -0.2) is 0 Å². The van der Waals surface area contributed by atoms with Crippen LogP contribution in [0.3, 0.4) is 0 Å². The van der Waals surface area contributed by atoms with Gasteiger partial charge in [-0.15, -0.1) is 12.4 Å². The summed E-state index contributed by atoms with van der Waals surface area (Å²) in [7, 11) is 0. The molecule has 6 heteroatoms. The van der Waals surface area contributed by atoms with Gasteiger partial charge in [0.2, 0.25) is 0 Å². The Morgan fingerprint density at radius 1 is 1.29 bits per heavy atom. The van der Waals surface area contributed by atoms with E-state index >= 15 is 0 Å². The van der Waals surface area contributed by atoms with Gasteiger partial charge in [-0.05, 0) is 29.5 Å². The first-order chi connectivity index (χ1) is 6.01. The lowest BCUT2D eigenvalue weighted by Gasteiger charge is -2.06. The molecule has 1 aromatic carbocycles. The molecule has 0 aliphatic rings. The van der Waals surface area contributed by atoms with E-state index in [4.69, 9.17) is 5.73 Å². The fourth-order valence-corrected chi connectivity index (χ4v) is 1.49. The van der Waals surface area contributed by atoms with Crippen LogP contribution in [0.15, 0.2) is 29.2 Å². The van der Waals surface area contributed by atoms with Gasteiger partial charge in [-0.2, -0.15) is 13.2 Å². The van der Waals surface area contributed by atoms with Crippen LogP contribution >= 0.6 is 24.2 Å². The summed E-state index contributed by atoms with van der Waals surface area (Å²) in [6, 6.07) is 6.12. The summed E-state index contributed by atoms with van der Waals surface area (Å²) >= 11 is -0.125. The molecule has 0 saturated heterocycles. The van der Waals surface area contributed by atoms with Crippen molar-refractivity contribution in [2.75, 3.05) is 0 Å². The van der Waals surface area contributed by atoms with Gasteiger partial charge >= 0.3 is 5.51 Å². The van der Waals surface area contributed by atoms with Crippen LogP contribution < -0.4 is 5.73 Å². The SMILES string of the molecule is Cl.NCc1cccc(SC(F)(F)F)c1. The van der Waals surface area contributed by atoms with E-state index in [-0.39, 0.29) is 35.6 Å². The predicted octanol–water partition coefficient (Wildman–Crippen LogP) is 3.18. The van der Waals surface area contributed by atoms with Crippen molar-refractivity contribution >= 4 is 24.2 Å².